The molecule has 2 amide bonds. The molecule has 0 unspecified atom stereocenters. The summed E-state index contributed by atoms with van der Waals surface area (Å²) in [7, 11) is 0. The van der Waals surface area contributed by atoms with E-state index in [-0.39, 0.29) is 29.1 Å². The quantitative estimate of drug-likeness (QED) is 0.605. The molecule has 0 saturated carbocycles. The molecule has 1 aromatic carbocycles. The molecule has 1 saturated heterocycles. The molecule has 1 aliphatic rings. The summed E-state index contributed by atoms with van der Waals surface area (Å²) in [5.41, 5.74) is 0.284. The molecule has 0 aliphatic carbocycles. The number of thioether (sulfide) groups is 1. The zero-order valence-corrected chi connectivity index (χ0v) is 9.48. The Labute approximate surface area is 101 Å². The Morgan fingerprint density at radius 1 is 1.35 bits per heavy atom. The number of carbonyl (C=O) groups excluding carboxylic acids is 2. The highest BCUT2D eigenvalue weighted by molar-refractivity contribution is 8.14. The lowest BCUT2D eigenvalue weighted by Gasteiger charge is -2.12. The normalized spacial score (nSPS) is 15.4. The van der Waals surface area contributed by atoms with E-state index in [1.54, 1.807) is 18.2 Å². The minimum atomic E-state index is -0.520. The zero-order chi connectivity index (χ0) is 12.4. The van der Waals surface area contributed by atoms with E-state index in [1.807, 2.05) is 0 Å². The lowest BCUT2D eigenvalue weighted by molar-refractivity contribution is -0.385. The van der Waals surface area contributed by atoms with Gasteiger partial charge in [0.2, 0.25) is 5.91 Å². The van der Waals surface area contributed by atoms with Gasteiger partial charge in [-0.3, -0.25) is 24.6 Å². The smallest absolute Gasteiger partial charge is 0.273 e. The van der Waals surface area contributed by atoms with Gasteiger partial charge in [-0.2, -0.15) is 0 Å². The van der Waals surface area contributed by atoms with Crippen molar-refractivity contribution in [2.75, 3.05) is 5.75 Å². The van der Waals surface area contributed by atoms with Crippen LogP contribution >= 0.6 is 11.8 Å². The van der Waals surface area contributed by atoms with E-state index in [0.717, 1.165) is 16.7 Å². The lowest BCUT2D eigenvalue weighted by atomic mass is 10.1. The van der Waals surface area contributed by atoms with Crippen molar-refractivity contribution in [1.82, 2.24) is 4.90 Å². The van der Waals surface area contributed by atoms with Gasteiger partial charge in [0.1, 0.15) is 0 Å². The molecule has 88 valence electrons. The largest absolute Gasteiger partial charge is 0.289 e. The second-order valence-corrected chi connectivity index (χ2v) is 4.35. The van der Waals surface area contributed by atoms with Gasteiger partial charge in [0.05, 0.1) is 17.2 Å². The van der Waals surface area contributed by atoms with E-state index in [9.17, 15) is 19.7 Å². The van der Waals surface area contributed by atoms with Crippen molar-refractivity contribution in [3.05, 3.63) is 39.9 Å². The van der Waals surface area contributed by atoms with Crippen molar-refractivity contribution in [1.29, 1.82) is 0 Å². The Kier molecular flexibility index (Phi) is 3.10. The third kappa shape index (κ3) is 2.28. The molecule has 2 rings (SSSR count). The molecule has 7 heteroatoms. The summed E-state index contributed by atoms with van der Waals surface area (Å²) >= 11 is 0.915. The third-order valence-electron chi connectivity index (χ3n) is 2.36. The number of nitrogens with zero attached hydrogens (tertiary/aromatic N) is 2. The van der Waals surface area contributed by atoms with Gasteiger partial charge in [0, 0.05) is 11.6 Å². The van der Waals surface area contributed by atoms with Crippen LogP contribution in [0.2, 0.25) is 0 Å². The van der Waals surface area contributed by atoms with Gasteiger partial charge in [0.25, 0.3) is 10.9 Å². The molecule has 6 nitrogen and oxygen atoms in total. The van der Waals surface area contributed by atoms with Crippen LogP contribution in [0.25, 0.3) is 0 Å². The summed E-state index contributed by atoms with van der Waals surface area (Å²) in [6, 6.07) is 6.08. The standard InChI is InChI=1S/C10H8N2O4S/c13-9-6-17-10(14)11(9)5-7-3-1-2-4-8(7)12(15)16/h1-4H,5-6H2. The number of para-hydroxylation sites is 1. The predicted molar refractivity (Wildman–Crippen MR) is 61.5 cm³/mol. The van der Waals surface area contributed by atoms with Crippen molar-refractivity contribution < 1.29 is 14.5 Å². The first-order chi connectivity index (χ1) is 8.09. The number of nitro groups is 1. The molecular formula is C10H8N2O4S. The molecule has 17 heavy (non-hydrogen) atoms. The van der Waals surface area contributed by atoms with Gasteiger partial charge in [0.15, 0.2) is 0 Å². The summed E-state index contributed by atoms with van der Waals surface area (Å²) < 4.78 is 0. The van der Waals surface area contributed by atoms with Crippen LogP contribution in [0.15, 0.2) is 24.3 Å². The van der Waals surface area contributed by atoms with Crippen molar-refractivity contribution in [2.24, 2.45) is 0 Å². The number of benzene rings is 1. The zero-order valence-electron chi connectivity index (χ0n) is 8.66. The molecule has 0 N–H and O–H groups in total. The Morgan fingerprint density at radius 2 is 2.06 bits per heavy atom. The van der Waals surface area contributed by atoms with E-state index in [2.05, 4.69) is 0 Å². The van der Waals surface area contributed by atoms with Gasteiger partial charge >= 0.3 is 0 Å². The monoisotopic (exact) mass is 252 g/mol. The van der Waals surface area contributed by atoms with E-state index in [4.69, 9.17) is 0 Å². The van der Waals surface area contributed by atoms with Crippen molar-refractivity contribution in [3.8, 4) is 0 Å². The number of carbonyl (C=O) groups is 2. The number of imide groups is 1. The van der Waals surface area contributed by atoms with Gasteiger partial charge < -0.3 is 0 Å². The number of amides is 2. The van der Waals surface area contributed by atoms with Crippen LogP contribution < -0.4 is 0 Å². The maximum Gasteiger partial charge on any atom is 0.289 e. The van der Waals surface area contributed by atoms with Crippen LogP contribution in [0.3, 0.4) is 0 Å². The van der Waals surface area contributed by atoms with Crippen molar-refractivity contribution in [3.63, 3.8) is 0 Å². The minimum absolute atomic E-state index is 0.0399. The van der Waals surface area contributed by atoms with Gasteiger partial charge in [-0.05, 0) is 0 Å². The van der Waals surface area contributed by atoms with Gasteiger partial charge in [-0.25, -0.2) is 0 Å². The number of rotatable bonds is 3. The fraction of sp³-hybridized carbons (Fsp3) is 0.200. The summed E-state index contributed by atoms with van der Waals surface area (Å²) in [5.74, 6) is -0.197. The Morgan fingerprint density at radius 3 is 2.65 bits per heavy atom. The van der Waals surface area contributed by atoms with E-state index in [1.165, 1.54) is 6.07 Å². The molecule has 0 bridgehead atoms. The van der Waals surface area contributed by atoms with Crippen LogP contribution in [-0.4, -0.2) is 26.7 Å². The maximum atomic E-state index is 11.4. The maximum absolute atomic E-state index is 11.4. The van der Waals surface area contributed by atoms with Crippen molar-refractivity contribution >= 4 is 28.6 Å². The van der Waals surface area contributed by atoms with Crippen molar-refractivity contribution in [2.45, 2.75) is 6.54 Å². The first-order valence-electron chi connectivity index (χ1n) is 4.79. The van der Waals surface area contributed by atoms with E-state index < -0.39 is 4.92 Å². The fourth-order valence-electron chi connectivity index (χ4n) is 1.53. The molecule has 1 aromatic rings. The fourth-order valence-corrected chi connectivity index (χ4v) is 2.25. The van der Waals surface area contributed by atoms with E-state index in [0.29, 0.717) is 5.56 Å². The average Bonchev–Trinajstić information content (AvgIpc) is 2.61. The molecule has 1 fully saturated rings. The molecule has 0 aromatic heterocycles. The number of hydrogen-bond donors (Lipinski definition) is 0. The Bertz CT molecular complexity index is 487. The molecule has 0 radical (unpaired) electrons. The second-order valence-electron chi connectivity index (χ2n) is 3.42. The Balaban J connectivity index is 2.27. The number of hydrogen-bond acceptors (Lipinski definition) is 5. The van der Waals surface area contributed by atoms with Crippen LogP contribution in [0.5, 0.6) is 0 Å². The molecule has 1 heterocycles. The summed E-state index contributed by atoms with van der Waals surface area (Å²) in [6.07, 6.45) is 0. The van der Waals surface area contributed by atoms with Crippen LogP contribution in [0.4, 0.5) is 10.5 Å². The highest BCUT2D eigenvalue weighted by Crippen LogP contribution is 2.25. The molecular weight excluding hydrogens is 244 g/mol. The van der Waals surface area contributed by atoms with Gasteiger partial charge in [-0.1, -0.05) is 30.0 Å². The highest BCUT2D eigenvalue weighted by atomic mass is 32.2. The van der Waals surface area contributed by atoms with Crippen LogP contribution in [0.1, 0.15) is 5.56 Å². The first-order valence-corrected chi connectivity index (χ1v) is 5.77. The van der Waals surface area contributed by atoms with Gasteiger partial charge in [-0.15, -0.1) is 0 Å². The van der Waals surface area contributed by atoms with Crippen LogP contribution in [-0.2, 0) is 11.3 Å². The average molecular weight is 252 g/mol. The SMILES string of the molecule is O=C1CSC(=O)N1Cc1ccccc1[N+](=O)[O-]. The summed E-state index contributed by atoms with van der Waals surface area (Å²) in [5, 5.41) is 10.4. The first kappa shape index (κ1) is 11.6. The number of nitro benzene ring substituents is 1. The second kappa shape index (κ2) is 4.54. The summed E-state index contributed by atoms with van der Waals surface area (Å²) in [4.78, 5) is 34.0. The summed E-state index contributed by atoms with van der Waals surface area (Å²) in [6.45, 7) is -0.0399. The molecule has 1 aliphatic heterocycles. The third-order valence-corrected chi connectivity index (χ3v) is 3.22. The lowest BCUT2D eigenvalue weighted by Crippen LogP contribution is -2.28. The Hall–Kier alpha value is -1.89. The molecule has 0 spiro atoms. The highest BCUT2D eigenvalue weighted by Gasteiger charge is 2.31. The molecule has 0 atom stereocenters. The van der Waals surface area contributed by atoms with Crippen LogP contribution in [0, 0.1) is 10.1 Å². The minimum Gasteiger partial charge on any atom is -0.273 e. The topological polar surface area (TPSA) is 80.5 Å². The van der Waals surface area contributed by atoms with E-state index >= 15 is 0 Å². The predicted octanol–water partition coefficient (Wildman–Crippen LogP) is 1.79.